The summed E-state index contributed by atoms with van der Waals surface area (Å²) in [6.45, 7) is 14.1. The number of ether oxygens (including phenoxy) is 1. The fraction of sp³-hybridized carbons (Fsp3) is 1.00. The van der Waals surface area contributed by atoms with Gasteiger partial charge >= 0.3 is 0 Å². The molecule has 1 aliphatic heterocycles. The first kappa shape index (κ1) is 13.9. The quantitative estimate of drug-likeness (QED) is 0.775. The number of hydrogen-bond donors (Lipinski definition) is 1. The van der Waals surface area contributed by atoms with Crippen LogP contribution in [0.15, 0.2) is 0 Å². The van der Waals surface area contributed by atoms with Crippen LogP contribution in [0, 0.1) is 5.92 Å². The third-order valence-corrected chi connectivity index (χ3v) is 3.35. The van der Waals surface area contributed by atoms with E-state index in [0.717, 1.165) is 26.3 Å². The number of rotatable bonds is 5. The summed E-state index contributed by atoms with van der Waals surface area (Å²) in [5.41, 5.74) is 0. The summed E-state index contributed by atoms with van der Waals surface area (Å²) in [5, 5.41) is 3.54. The van der Waals surface area contributed by atoms with Gasteiger partial charge < -0.3 is 10.1 Å². The molecule has 1 rings (SSSR count). The topological polar surface area (TPSA) is 24.5 Å². The van der Waals surface area contributed by atoms with Crippen LogP contribution in [0.3, 0.4) is 0 Å². The lowest BCUT2D eigenvalue weighted by atomic mass is 10.0. The summed E-state index contributed by atoms with van der Waals surface area (Å²) in [4.78, 5) is 2.60. The monoisotopic (exact) mass is 228 g/mol. The van der Waals surface area contributed by atoms with Crippen LogP contribution in [0.4, 0.5) is 0 Å². The van der Waals surface area contributed by atoms with Crippen LogP contribution in [-0.2, 0) is 4.74 Å². The molecule has 1 fully saturated rings. The first-order chi connectivity index (χ1) is 7.65. The molecule has 0 aromatic heterocycles. The van der Waals surface area contributed by atoms with Gasteiger partial charge in [0.25, 0.3) is 0 Å². The van der Waals surface area contributed by atoms with Crippen LogP contribution >= 0.6 is 0 Å². The van der Waals surface area contributed by atoms with Crippen LogP contribution in [0.1, 0.15) is 34.1 Å². The zero-order chi connectivity index (χ0) is 12.0. The van der Waals surface area contributed by atoms with Crippen molar-refractivity contribution in [2.24, 2.45) is 5.92 Å². The molecule has 2 atom stereocenters. The Balaban J connectivity index is 2.53. The minimum atomic E-state index is 0.572. The number of nitrogens with zero attached hydrogens (tertiary/aromatic N) is 1. The van der Waals surface area contributed by atoms with E-state index in [1.807, 2.05) is 0 Å². The standard InChI is InChI=1S/C13H28N2O/c1-5-16-10-13(11(2)3)15-8-6-7-14-12(4)9-15/h11-14H,5-10H2,1-4H3. The molecule has 0 aliphatic carbocycles. The van der Waals surface area contributed by atoms with E-state index in [1.165, 1.54) is 13.0 Å². The van der Waals surface area contributed by atoms with Gasteiger partial charge in [0.05, 0.1) is 6.61 Å². The zero-order valence-electron chi connectivity index (χ0n) is 11.3. The molecular weight excluding hydrogens is 200 g/mol. The molecule has 1 heterocycles. The van der Waals surface area contributed by atoms with Crippen LogP contribution in [0.25, 0.3) is 0 Å². The van der Waals surface area contributed by atoms with Crippen molar-refractivity contribution >= 4 is 0 Å². The predicted octanol–water partition coefficient (Wildman–Crippen LogP) is 1.73. The lowest BCUT2D eigenvalue weighted by molar-refractivity contribution is 0.0440. The maximum absolute atomic E-state index is 5.62. The SMILES string of the molecule is CCOCC(C(C)C)N1CCCNC(C)C1. The predicted molar refractivity (Wildman–Crippen MR) is 68.8 cm³/mol. The molecule has 0 spiro atoms. The van der Waals surface area contributed by atoms with Crippen molar-refractivity contribution < 1.29 is 4.74 Å². The van der Waals surface area contributed by atoms with E-state index in [4.69, 9.17) is 4.74 Å². The molecule has 0 radical (unpaired) electrons. The van der Waals surface area contributed by atoms with Gasteiger partial charge in [-0.1, -0.05) is 13.8 Å². The van der Waals surface area contributed by atoms with Gasteiger partial charge in [0.2, 0.25) is 0 Å². The van der Waals surface area contributed by atoms with Crippen molar-refractivity contribution in [3.63, 3.8) is 0 Å². The molecule has 1 saturated heterocycles. The van der Waals surface area contributed by atoms with Crippen molar-refractivity contribution in [2.45, 2.75) is 46.2 Å². The van der Waals surface area contributed by atoms with Gasteiger partial charge in [-0.25, -0.2) is 0 Å². The Morgan fingerprint density at radius 3 is 2.81 bits per heavy atom. The highest BCUT2D eigenvalue weighted by Gasteiger charge is 2.24. The van der Waals surface area contributed by atoms with E-state index in [0.29, 0.717) is 18.0 Å². The van der Waals surface area contributed by atoms with E-state index < -0.39 is 0 Å². The van der Waals surface area contributed by atoms with Crippen LogP contribution < -0.4 is 5.32 Å². The Morgan fingerprint density at radius 1 is 1.44 bits per heavy atom. The fourth-order valence-corrected chi connectivity index (χ4v) is 2.40. The normalized spacial score (nSPS) is 25.7. The van der Waals surface area contributed by atoms with E-state index in [2.05, 4.69) is 37.9 Å². The van der Waals surface area contributed by atoms with E-state index in [9.17, 15) is 0 Å². The zero-order valence-corrected chi connectivity index (χ0v) is 11.3. The van der Waals surface area contributed by atoms with Gasteiger partial charge in [0.1, 0.15) is 0 Å². The molecule has 0 aromatic rings. The molecule has 1 aliphatic rings. The highest BCUT2D eigenvalue weighted by atomic mass is 16.5. The molecule has 0 saturated carbocycles. The first-order valence-corrected chi connectivity index (χ1v) is 6.70. The molecule has 0 amide bonds. The second-order valence-electron chi connectivity index (χ2n) is 5.17. The molecule has 0 aromatic carbocycles. The van der Waals surface area contributed by atoms with Crippen molar-refractivity contribution in [1.29, 1.82) is 0 Å². The maximum atomic E-state index is 5.62. The minimum absolute atomic E-state index is 0.572. The Hall–Kier alpha value is -0.120. The van der Waals surface area contributed by atoms with Gasteiger partial charge in [-0.15, -0.1) is 0 Å². The van der Waals surface area contributed by atoms with Crippen molar-refractivity contribution in [2.75, 3.05) is 32.8 Å². The molecule has 16 heavy (non-hydrogen) atoms. The van der Waals surface area contributed by atoms with Crippen LogP contribution in [-0.4, -0.2) is 49.8 Å². The second-order valence-corrected chi connectivity index (χ2v) is 5.17. The molecular formula is C13H28N2O. The molecule has 2 unspecified atom stereocenters. The number of hydrogen-bond acceptors (Lipinski definition) is 3. The summed E-state index contributed by atoms with van der Waals surface area (Å²) < 4.78 is 5.62. The lowest BCUT2D eigenvalue weighted by Gasteiger charge is -2.34. The fourth-order valence-electron chi connectivity index (χ4n) is 2.40. The van der Waals surface area contributed by atoms with Gasteiger partial charge in [0, 0.05) is 25.2 Å². The van der Waals surface area contributed by atoms with Gasteiger partial charge in [-0.3, -0.25) is 4.90 Å². The average Bonchev–Trinajstić information content (AvgIpc) is 2.43. The smallest absolute Gasteiger partial charge is 0.0624 e. The first-order valence-electron chi connectivity index (χ1n) is 6.70. The Bertz CT molecular complexity index is 185. The molecule has 96 valence electrons. The number of nitrogens with one attached hydrogen (secondary N) is 1. The van der Waals surface area contributed by atoms with Gasteiger partial charge in [-0.05, 0) is 39.3 Å². The van der Waals surface area contributed by atoms with Crippen LogP contribution in [0.2, 0.25) is 0 Å². The maximum Gasteiger partial charge on any atom is 0.0624 e. The molecule has 3 heteroatoms. The molecule has 3 nitrogen and oxygen atoms in total. The third kappa shape index (κ3) is 4.40. The molecule has 1 N–H and O–H groups in total. The summed E-state index contributed by atoms with van der Waals surface area (Å²) >= 11 is 0. The van der Waals surface area contributed by atoms with E-state index >= 15 is 0 Å². The van der Waals surface area contributed by atoms with Gasteiger partial charge in [-0.2, -0.15) is 0 Å². The van der Waals surface area contributed by atoms with Crippen molar-refractivity contribution in [3.8, 4) is 0 Å². The minimum Gasteiger partial charge on any atom is -0.380 e. The highest BCUT2D eigenvalue weighted by Crippen LogP contribution is 2.14. The molecule has 0 bridgehead atoms. The second kappa shape index (κ2) is 7.25. The lowest BCUT2D eigenvalue weighted by Crippen LogP contribution is -2.46. The van der Waals surface area contributed by atoms with E-state index in [1.54, 1.807) is 0 Å². The Morgan fingerprint density at radius 2 is 2.19 bits per heavy atom. The van der Waals surface area contributed by atoms with Crippen molar-refractivity contribution in [1.82, 2.24) is 10.2 Å². The van der Waals surface area contributed by atoms with E-state index in [-0.39, 0.29) is 0 Å². The largest absolute Gasteiger partial charge is 0.380 e. The summed E-state index contributed by atoms with van der Waals surface area (Å²) in [6.07, 6.45) is 1.25. The van der Waals surface area contributed by atoms with Crippen molar-refractivity contribution in [3.05, 3.63) is 0 Å². The summed E-state index contributed by atoms with van der Waals surface area (Å²) in [6, 6.07) is 1.17. The summed E-state index contributed by atoms with van der Waals surface area (Å²) in [7, 11) is 0. The van der Waals surface area contributed by atoms with Crippen LogP contribution in [0.5, 0.6) is 0 Å². The van der Waals surface area contributed by atoms with Gasteiger partial charge in [0.15, 0.2) is 0 Å². The highest BCUT2D eigenvalue weighted by molar-refractivity contribution is 4.80. The summed E-state index contributed by atoms with van der Waals surface area (Å²) in [5.74, 6) is 0.664. The Labute approximate surface area is 101 Å². The Kier molecular flexibility index (Phi) is 6.32. The third-order valence-electron chi connectivity index (χ3n) is 3.35. The average molecular weight is 228 g/mol.